The van der Waals surface area contributed by atoms with E-state index in [9.17, 15) is 14.4 Å². The number of H-pyrrole nitrogens is 2. The number of benzene rings is 1. The van der Waals surface area contributed by atoms with Crippen LogP contribution in [0.4, 0.5) is 0 Å². The Hall–Kier alpha value is -4.44. The van der Waals surface area contributed by atoms with Crippen molar-refractivity contribution < 1.29 is 14.3 Å². The Morgan fingerprint density at radius 1 is 1.15 bits per heavy atom. The topological polar surface area (TPSA) is 132 Å². The molecule has 2 saturated heterocycles. The molecule has 4 atom stereocenters. The van der Waals surface area contributed by atoms with Crippen LogP contribution in [0.5, 0.6) is 5.75 Å². The van der Waals surface area contributed by atoms with Gasteiger partial charge in [-0.1, -0.05) is 18.2 Å². The van der Waals surface area contributed by atoms with Gasteiger partial charge in [0.25, 0.3) is 5.56 Å². The molecule has 1 aromatic carbocycles. The van der Waals surface area contributed by atoms with Crippen LogP contribution in [0.25, 0.3) is 10.9 Å². The largest absolute Gasteiger partial charge is 0.497 e. The highest BCUT2D eigenvalue weighted by Crippen LogP contribution is 2.31. The lowest BCUT2D eigenvalue weighted by molar-refractivity contribution is -0.139. The average molecular weight is 555 g/mol. The van der Waals surface area contributed by atoms with Gasteiger partial charge in [0, 0.05) is 59.8 Å². The molecule has 0 spiro atoms. The Morgan fingerprint density at radius 2 is 2.00 bits per heavy atom. The van der Waals surface area contributed by atoms with Crippen molar-refractivity contribution in [1.29, 1.82) is 0 Å². The number of methoxy groups -OCH3 is 1. The summed E-state index contributed by atoms with van der Waals surface area (Å²) in [6.07, 6.45) is 6.97. The Balaban J connectivity index is 1.17. The SMILES string of the molecule is COc1ccc(CC2CC(C(=O)NCc3cc4cnccc4[nH]3)N(C(=O)C3CC(c4ccc[nH]c4=O)CN3)C2)cc1. The standard InChI is InChI=1S/C31H34N6O4/c1-41-24-6-4-19(5-7-24)11-20-12-28(30(39)35-17-23-13-22-15-32-10-8-26(22)36-23)37(18-20)31(40)27-14-21(16-34-27)25-3-2-9-33-29(25)38/h2-10,13,15,20-21,27-28,34,36H,11-12,14,16-18H2,1H3,(H,33,38)(H,35,39). The third-order valence-electron chi connectivity index (χ3n) is 8.30. The number of rotatable bonds is 8. The summed E-state index contributed by atoms with van der Waals surface area (Å²) in [7, 11) is 1.64. The van der Waals surface area contributed by atoms with Gasteiger partial charge in [0.1, 0.15) is 11.8 Å². The van der Waals surface area contributed by atoms with E-state index in [0.29, 0.717) is 38.0 Å². The number of pyridine rings is 2. The third kappa shape index (κ3) is 5.74. The zero-order valence-electron chi connectivity index (χ0n) is 22.9. The van der Waals surface area contributed by atoms with Gasteiger partial charge in [-0.15, -0.1) is 0 Å². The molecule has 41 heavy (non-hydrogen) atoms. The fourth-order valence-corrected chi connectivity index (χ4v) is 6.20. The maximum absolute atomic E-state index is 13.9. The Kier molecular flexibility index (Phi) is 7.56. The van der Waals surface area contributed by atoms with Crippen molar-refractivity contribution in [3.05, 3.63) is 94.3 Å². The molecule has 0 aliphatic carbocycles. The molecule has 0 bridgehead atoms. The fraction of sp³-hybridized carbons (Fsp3) is 0.355. The summed E-state index contributed by atoms with van der Waals surface area (Å²) in [4.78, 5) is 51.7. The molecule has 4 unspecified atom stereocenters. The van der Waals surface area contributed by atoms with E-state index in [-0.39, 0.29) is 29.2 Å². The van der Waals surface area contributed by atoms with E-state index in [0.717, 1.165) is 34.3 Å². The summed E-state index contributed by atoms with van der Waals surface area (Å²) in [6.45, 7) is 1.37. The molecule has 2 aliphatic rings. The first-order chi connectivity index (χ1) is 20.0. The molecule has 4 N–H and O–H groups in total. The van der Waals surface area contributed by atoms with E-state index in [1.165, 1.54) is 0 Å². The number of carbonyl (C=O) groups is 2. The van der Waals surface area contributed by atoms with E-state index in [1.807, 2.05) is 42.5 Å². The van der Waals surface area contributed by atoms with E-state index in [2.05, 4.69) is 25.6 Å². The van der Waals surface area contributed by atoms with E-state index < -0.39 is 12.1 Å². The van der Waals surface area contributed by atoms with Crippen LogP contribution in [-0.4, -0.2) is 63.9 Å². The fourth-order valence-electron chi connectivity index (χ4n) is 6.20. The predicted octanol–water partition coefficient (Wildman–Crippen LogP) is 2.48. The van der Waals surface area contributed by atoms with Crippen LogP contribution < -0.4 is 20.9 Å². The van der Waals surface area contributed by atoms with Crippen LogP contribution in [0.3, 0.4) is 0 Å². The van der Waals surface area contributed by atoms with Crippen LogP contribution in [0.15, 0.2) is 71.9 Å². The number of hydrogen-bond donors (Lipinski definition) is 4. The lowest BCUT2D eigenvalue weighted by Crippen LogP contribution is -2.51. The minimum Gasteiger partial charge on any atom is -0.497 e. The van der Waals surface area contributed by atoms with Gasteiger partial charge in [-0.3, -0.25) is 19.4 Å². The maximum Gasteiger partial charge on any atom is 0.251 e. The number of carbonyl (C=O) groups excluding carboxylic acids is 2. The quantitative estimate of drug-likeness (QED) is 0.265. The number of aromatic amines is 2. The summed E-state index contributed by atoms with van der Waals surface area (Å²) in [5, 5.41) is 7.35. The van der Waals surface area contributed by atoms with Crippen LogP contribution >= 0.6 is 0 Å². The van der Waals surface area contributed by atoms with Crippen molar-refractivity contribution in [1.82, 2.24) is 30.5 Å². The zero-order chi connectivity index (χ0) is 28.3. The molecule has 2 amide bonds. The number of hydrogen-bond acceptors (Lipinski definition) is 6. The molecule has 2 fully saturated rings. The maximum atomic E-state index is 13.9. The zero-order valence-corrected chi connectivity index (χ0v) is 22.9. The molecular formula is C31H34N6O4. The van der Waals surface area contributed by atoms with Crippen LogP contribution in [0.2, 0.25) is 0 Å². The van der Waals surface area contributed by atoms with Crippen LogP contribution in [0.1, 0.15) is 35.6 Å². The van der Waals surface area contributed by atoms with Crippen molar-refractivity contribution in [2.75, 3.05) is 20.2 Å². The van der Waals surface area contributed by atoms with Gasteiger partial charge in [-0.2, -0.15) is 0 Å². The smallest absolute Gasteiger partial charge is 0.251 e. The summed E-state index contributed by atoms with van der Waals surface area (Å²) in [5.41, 5.74) is 3.52. The van der Waals surface area contributed by atoms with Gasteiger partial charge in [0.05, 0.1) is 19.7 Å². The van der Waals surface area contributed by atoms with Crippen molar-refractivity contribution in [2.45, 2.75) is 43.8 Å². The van der Waals surface area contributed by atoms with Gasteiger partial charge in [0.2, 0.25) is 11.8 Å². The van der Waals surface area contributed by atoms with Gasteiger partial charge in [-0.25, -0.2) is 0 Å². The average Bonchev–Trinajstić information content (AvgIpc) is 3.75. The summed E-state index contributed by atoms with van der Waals surface area (Å²) in [6, 6.07) is 14.4. The second-order valence-electron chi connectivity index (χ2n) is 11.0. The summed E-state index contributed by atoms with van der Waals surface area (Å²) < 4.78 is 5.28. The first-order valence-corrected chi connectivity index (χ1v) is 14.0. The highest BCUT2D eigenvalue weighted by molar-refractivity contribution is 5.91. The van der Waals surface area contributed by atoms with Gasteiger partial charge in [0.15, 0.2) is 0 Å². The molecule has 0 radical (unpaired) electrons. The van der Waals surface area contributed by atoms with Crippen LogP contribution in [0, 0.1) is 5.92 Å². The normalized spacial score (nSPS) is 22.2. The molecule has 10 heteroatoms. The minimum absolute atomic E-state index is 0.0598. The molecule has 10 nitrogen and oxygen atoms in total. The second kappa shape index (κ2) is 11.6. The Labute approximate surface area is 237 Å². The highest BCUT2D eigenvalue weighted by atomic mass is 16.5. The number of ether oxygens (including phenoxy) is 1. The van der Waals surface area contributed by atoms with E-state index >= 15 is 0 Å². The molecule has 5 heterocycles. The molecule has 212 valence electrons. The number of aromatic nitrogens is 3. The predicted molar refractivity (Wildman–Crippen MR) is 154 cm³/mol. The van der Waals surface area contributed by atoms with E-state index in [1.54, 1.807) is 36.7 Å². The number of fused-ring (bicyclic) bond motifs is 1. The molecule has 2 aliphatic heterocycles. The third-order valence-corrected chi connectivity index (χ3v) is 8.30. The lowest BCUT2D eigenvalue weighted by Gasteiger charge is -2.27. The number of nitrogens with zero attached hydrogens (tertiary/aromatic N) is 2. The van der Waals surface area contributed by atoms with Crippen molar-refractivity contribution in [3.63, 3.8) is 0 Å². The lowest BCUT2D eigenvalue weighted by atomic mass is 9.96. The summed E-state index contributed by atoms with van der Waals surface area (Å²) in [5.74, 6) is 0.614. The molecule has 3 aromatic heterocycles. The van der Waals surface area contributed by atoms with E-state index in [4.69, 9.17) is 4.74 Å². The van der Waals surface area contributed by atoms with Crippen LogP contribution in [-0.2, 0) is 22.6 Å². The number of amides is 2. The Morgan fingerprint density at radius 3 is 2.78 bits per heavy atom. The number of nitrogens with one attached hydrogen (secondary N) is 4. The first kappa shape index (κ1) is 26.8. The Bertz CT molecular complexity index is 1560. The van der Waals surface area contributed by atoms with Gasteiger partial charge < -0.3 is 30.2 Å². The monoisotopic (exact) mass is 554 g/mol. The highest BCUT2D eigenvalue weighted by Gasteiger charge is 2.43. The van der Waals surface area contributed by atoms with Crippen molar-refractivity contribution in [2.24, 2.45) is 5.92 Å². The van der Waals surface area contributed by atoms with Crippen molar-refractivity contribution in [3.8, 4) is 5.75 Å². The first-order valence-electron chi connectivity index (χ1n) is 14.0. The van der Waals surface area contributed by atoms with Gasteiger partial charge >= 0.3 is 0 Å². The molecular weight excluding hydrogens is 520 g/mol. The molecule has 0 saturated carbocycles. The molecule has 4 aromatic rings. The van der Waals surface area contributed by atoms with Crippen molar-refractivity contribution >= 4 is 22.7 Å². The summed E-state index contributed by atoms with van der Waals surface area (Å²) >= 11 is 0. The second-order valence-corrected chi connectivity index (χ2v) is 11.0. The molecule has 6 rings (SSSR count). The number of likely N-dealkylation sites (tertiary alicyclic amines) is 1. The van der Waals surface area contributed by atoms with Gasteiger partial charge in [-0.05, 0) is 61.1 Å². The minimum atomic E-state index is -0.572.